The van der Waals surface area contributed by atoms with E-state index in [4.69, 9.17) is 5.11 Å². The van der Waals surface area contributed by atoms with Crippen molar-refractivity contribution >= 4 is 28.6 Å². The molecular weight excluding hydrogens is 242 g/mol. The van der Waals surface area contributed by atoms with E-state index in [0.717, 1.165) is 26.9 Å². The first-order valence-electron chi connectivity index (χ1n) is 4.95. The number of carboxylic acid groups (broad SMARTS) is 1. The third-order valence-electron chi connectivity index (χ3n) is 2.16. The number of aliphatic carboxylic acids is 1. The molecular formula is C11H11NO2S2. The molecule has 0 radical (unpaired) electrons. The van der Waals surface area contributed by atoms with Crippen LogP contribution in [0.25, 0.3) is 9.88 Å². The molecule has 0 aliphatic heterocycles. The van der Waals surface area contributed by atoms with Gasteiger partial charge in [-0.1, -0.05) is 13.0 Å². The fourth-order valence-corrected chi connectivity index (χ4v) is 3.38. The van der Waals surface area contributed by atoms with Crippen LogP contribution in [0.1, 0.15) is 17.5 Å². The summed E-state index contributed by atoms with van der Waals surface area (Å²) in [6.45, 7) is 2.00. The highest BCUT2D eigenvalue weighted by atomic mass is 32.1. The predicted molar refractivity (Wildman–Crippen MR) is 66.1 cm³/mol. The summed E-state index contributed by atoms with van der Waals surface area (Å²) in [5.74, 6) is -0.795. The Morgan fingerprint density at radius 2 is 2.38 bits per heavy atom. The number of carbonyl (C=O) groups is 1. The largest absolute Gasteiger partial charge is 0.481 e. The highest BCUT2D eigenvalue weighted by molar-refractivity contribution is 7.21. The van der Waals surface area contributed by atoms with Gasteiger partial charge in [-0.25, -0.2) is 4.98 Å². The number of hydrogen-bond donors (Lipinski definition) is 1. The van der Waals surface area contributed by atoms with Crippen LogP contribution in [0.3, 0.4) is 0 Å². The van der Waals surface area contributed by atoms with Crippen molar-refractivity contribution in [3.05, 3.63) is 28.1 Å². The van der Waals surface area contributed by atoms with E-state index in [1.807, 2.05) is 24.4 Å². The van der Waals surface area contributed by atoms with Gasteiger partial charge in [-0.05, 0) is 17.9 Å². The number of nitrogens with zero attached hydrogens (tertiary/aromatic N) is 1. The second kappa shape index (κ2) is 4.76. The molecule has 16 heavy (non-hydrogen) atoms. The molecule has 0 aliphatic rings. The van der Waals surface area contributed by atoms with Crippen LogP contribution in [0.5, 0.6) is 0 Å². The lowest BCUT2D eigenvalue weighted by Gasteiger charge is -1.93. The van der Waals surface area contributed by atoms with Crippen molar-refractivity contribution in [2.24, 2.45) is 0 Å². The normalized spacial score (nSPS) is 10.6. The van der Waals surface area contributed by atoms with Crippen molar-refractivity contribution in [1.82, 2.24) is 4.98 Å². The Bertz CT molecular complexity index is 488. The fraction of sp³-hybridized carbons (Fsp3) is 0.273. The van der Waals surface area contributed by atoms with Crippen molar-refractivity contribution in [3.63, 3.8) is 0 Å². The van der Waals surface area contributed by atoms with Crippen molar-refractivity contribution in [1.29, 1.82) is 0 Å². The molecule has 0 amide bonds. The molecule has 0 saturated carbocycles. The maximum atomic E-state index is 10.7. The molecule has 2 aromatic heterocycles. The molecule has 3 nitrogen and oxygen atoms in total. The summed E-state index contributed by atoms with van der Waals surface area (Å²) >= 11 is 3.12. The zero-order valence-corrected chi connectivity index (χ0v) is 10.4. The average Bonchev–Trinajstić information content (AvgIpc) is 2.83. The van der Waals surface area contributed by atoms with Gasteiger partial charge in [0.1, 0.15) is 5.01 Å². The molecule has 2 heterocycles. The molecule has 0 unspecified atom stereocenters. The fourth-order valence-electron chi connectivity index (χ4n) is 1.44. The van der Waals surface area contributed by atoms with Crippen LogP contribution in [0.2, 0.25) is 0 Å². The van der Waals surface area contributed by atoms with Gasteiger partial charge in [0.25, 0.3) is 0 Å². The minimum atomic E-state index is -0.795. The van der Waals surface area contributed by atoms with Gasteiger partial charge in [0.05, 0.1) is 17.0 Å². The van der Waals surface area contributed by atoms with E-state index in [-0.39, 0.29) is 6.42 Å². The maximum Gasteiger partial charge on any atom is 0.308 e. The first-order chi connectivity index (χ1) is 7.70. The van der Waals surface area contributed by atoms with E-state index >= 15 is 0 Å². The average molecular weight is 253 g/mol. The second-order valence-corrected chi connectivity index (χ2v) is 5.32. The van der Waals surface area contributed by atoms with E-state index in [2.05, 4.69) is 4.98 Å². The van der Waals surface area contributed by atoms with E-state index in [1.165, 1.54) is 11.3 Å². The predicted octanol–water partition coefficient (Wildman–Crippen LogP) is 3.06. The zero-order valence-electron chi connectivity index (χ0n) is 8.77. The summed E-state index contributed by atoms with van der Waals surface area (Å²) in [6.07, 6.45) is 0.858. The van der Waals surface area contributed by atoms with E-state index in [1.54, 1.807) is 11.3 Å². The lowest BCUT2D eigenvalue weighted by Crippen LogP contribution is -2.00. The van der Waals surface area contributed by atoms with Gasteiger partial charge in [-0.2, -0.15) is 0 Å². The van der Waals surface area contributed by atoms with Gasteiger partial charge in [-0.15, -0.1) is 22.7 Å². The van der Waals surface area contributed by atoms with Crippen LogP contribution in [-0.4, -0.2) is 16.1 Å². The number of hydrogen-bond acceptors (Lipinski definition) is 4. The summed E-state index contributed by atoms with van der Waals surface area (Å²) in [7, 11) is 0. The monoisotopic (exact) mass is 253 g/mol. The Morgan fingerprint density at radius 3 is 2.94 bits per heavy atom. The standard InChI is InChI=1S/C11H11NO2S2/c1-2-7-9(6-10(13)14)16-11(12-7)8-4-3-5-15-8/h3-5H,2,6H2,1H3,(H,13,14). The lowest BCUT2D eigenvalue weighted by atomic mass is 10.2. The van der Waals surface area contributed by atoms with Crippen LogP contribution in [-0.2, 0) is 17.6 Å². The quantitative estimate of drug-likeness (QED) is 0.911. The molecule has 2 rings (SSSR count). The highest BCUT2D eigenvalue weighted by Crippen LogP contribution is 2.31. The van der Waals surface area contributed by atoms with Gasteiger partial charge >= 0.3 is 5.97 Å². The topological polar surface area (TPSA) is 50.2 Å². The molecule has 0 saturated heterocycles. The Labute approximate surface area is 101 Å². The summed E-state index contributed by atoms with van der Waals surface area (Å²) < 4.78 is 0. The molecule has 84 valence electrons. The zero-order chi connectivity index (χ0) is 11.5. The molecule has 0 aromatic carbocycles. The van der Waals surface area contributed by atoms with Crippen LogP contribution in [0.4, 0.5) is 0 Å². The van der Waals surface area contributed by atoms with E-state index < -0.39 is 5.97 Å². The minimum absolute atomic E-state index is 0.0756. The number of thiophene rings is 1. The van der Waals surface area contributed by atoms with Crippen molar-refractivity contribution in [2.75, 3.05) is 0 Å². The second-order valence-electron chi connectivity index (χ2n) is 3.29. The van der Waals surface area contributed by atoms with Gasteiger partial charge in [0.15, 0.2) is 0 Å². The smallest absolute Gasteiger partial charge is 0.308 e. The molecule has 5 heteroatoms. The van der Waals surface area contributed by atoms with Crippen molar-refractivity contribution in [2.45, 2.75) is 19.8 Å². The van der Waals surface area contributed by atoms with Gasteiger partial charge in [0.2, 0.25) is 0 Å². The number of carboxylic acids is 1. The third-order valence-corrected chi connectivity index (χ3v) is 4.29. The lowest BCUT2D eigenvalue weighted by molar-refractivity contribution is -0.136. The third kappa shape index (κ3) is 2.31. The minimum Gasteiger partial charge on any atom is -0.481 e. The van der Waals surface area contributed by atoms with Crippen LogP contribution in [0.15, 0.2) is 17.5 Å². The van der Waals surface area contributed by atoms with Crippen molar-refractivity contribution in [3.8, 4) is 9.88 Å². The maximum absolute atomic E-state index is 10.7. The number of aryl methyl sites for hydroxylation is 1. The number of thiazole rings is 1. The first-order valence-corrected chi connectivity index (χ1v) is 6.64. The highest BCUT2D eigenvalue weighted by Gasteiger charge is 2.14. The molecule has 0 aliphatic carbocycles. The van der Waals surface area contributed by atoms with Crippen LogP contribution < -0.4 is 0 Å². The van der Waals surface area contributed by atoms with Crippen LogP contribution >= 0.6 is 22.7 Å². The summed E-state index contributed by atoms with van der Waals surface area (Å²) in [5.41, 5.74) is 0.913. The number of rotatable bonds is 4. The Hall–Kier alpha value is -1.20. The van der Waals surface area contributed by atoms with Gasteiger partial charge < -0.3 is 5.11 Å². The van der Waals surface area contributed by atoms with Gasteiger partial charge in [0, 0.05) is 4.88 Å². The summed E-state index contributed by atoms with van der Waals surface area (Å²) in [6, 6.07) is 3.98. The molecule has 0 bridgehead atoms. The Kier molecular flexibility index (Phi) is 3.36. The Morgan fingerprint density at radius 1 is 1.56 bits per heavy atom. The Balaban J connectivity index is 2.36. The van der Waals surface area contributed by atoms with E-state index in [9.17, 15) is 4.79 Å². The van der Waals surface area contributed by atoms with E-state index in [0.29, 0.717) is 0 Å². The molecule has 0 spiro atoms. The first kappa shape index (κ1) is 11.3. The number of aromatic nitrogens is 1. The van der Waals surface area contributed by atoms with Crippen LogP contribution in [0, 0.1) is 0 Å². The van der Waals surface area contributed by atoms with Crippen molar-refractivity contribution < 1.29 is 9.90 Å². The molecule has 1 N–H and O–H groups in total. The summed E-state index contributed by atoms with van der Waals surface area (Å²) in [4.78, 5) is 17.2. The molecule has 0 fully saturated rings. The SMILES string of the molecule is CCc1nc(-c2cccs2)sc1CC(=O)O. The molecule has 0 atom stereocenters. The molecule has 2 aromatic rings. The van der Waals surface area contributed by atoms with Gasteiger partial charge in [-0.3, -0.25) is 4.79 Å². The summed E-state index contributed by atoms with van der Waals surface area (Å²) in [5, 5.41) is 11.7.